The molecule has 0 aliphatic heterocycles. The predicted octanol–water partition coefficient (Wildman–Crippen LogP) is -0.556. The Morgan fingerprint density at radius 3 is 2.28 bits per heavy atom. The number of hydrogen-bond donors (Lipinski definition) is 3. The maximum atomic E-state index is 11.8. The van der Waals surface area contributed by atoms with E-state index < -0.39 is 32.6 Å². The van der Waals surface area contributed by atoms with Crippen molar-refractivity contribution in [2.75, 3.05) is 23.8 Å². The molecule has 18 heavy (non-hydrogen) atoms. The number of rotatable bonds is 5. The SMILES string of the molecule is Nc1ccc(S(=O)(=O)CCOS(=O)(=O)O)c(N)c1. The third-order valence-electron chi connectivity index (χ3n) is 1.95. The molecule has 0 atom stereocenters. The molecule has 1 aromatic carbocycles. The minimum atomic E-state index is -4.66. The summed E-state index contributed by atoms with van der Waals surface area (Å²) in [4.78, 5) is -0.171. The molecule has 0 aliphatic rings. The molecule has 0 unspecified atom stereocenters. The van der Waals surface area contributed by atoms with Crippen LogP contribution in [0.3, 0.4) is 0 Å². The molecule has 8 nitrogen and oxygen atoms in total. The number of nitrogen functional groups attached to an aromatic ring is 2. The molecule has 0 bridgehead atoms. The van der Waals surface area contributed by atoms with E-state index in [2.05, 4.69) is 4.18 Å². The first-order valence-electron chi connectivity index (χ1n) is 4.61. The van der Waals surface area contributed by atoms with Crippen molar-refractivity contribution < 1.29 is 25.6 Å². The van der Waals surface area contributed by atoms with E-state index in [1.165, 1.54) is 18.2 Å². The molecule has 0 radical (unpaired) electrons. The topological polar surface area (TPSA) is 150 Å². The molecule has 0 spiro atoms. The maximum absolute atomic E-state index is 11.8. The first-order valence-corrected chi connectivity index (χ1v) is 7.63. The van der Waals surface area contributed by atoms with Crippen molar-refractivity contribution in [2.24, 2.45) is 0 Å². The van der Waals surface area contributed by atoms with E-state index in [0.717, 1.165) is 0 Å². The van der Waals surface area contributed by atoms with Gasteiger partial charge in [0.2, 0.25) is 0 Å². The third kappa shape index (κ3) is 4.14. The molecule has 0 aromatic heterocycles. The maximum Gasteiger partial charge on any atom is 0.397 e. The molecule has 0 aliphatic carbocycles. The van der Waals surface area contributed by atoms with Gasteiger partial charge in [-0.15, -0.1) is 0 Å². The summed E-state index contributed by atoms with van der Waals surface area (Å²) in [6.07, 6.45) is 0. The summed E-state index contributed by atoms with van der Waals surface area (Å²) in [6, 6.07) is 3.84. The molecule has 1 rings (SSSR count). The lowest BCUT2D eigenvalue weighted by Gasteiger charge is -2.07. The van der Waals surface area contributed by atoms with Gasteiger partial charge in [-0.3, -0.25) is 4.55 Å². The average molecular weight is 296 g/mol. The normalized spacial score (nSPS) is 12.5. The Labute approximate surface area is 104 Å². The smallest absolute Gasteiger partial charge is 0.397 e. The van der Waals surface area contributed by atoms with Crippen molar-refractivity contribution in [3.05, 3.63) is 18.2 Å². The van der Waals surface area contributed by atoms with E-state index in [1.807, 2.05) is 0 Å². The van der Waals surface area contributed by atoms with Crippen molar-refractivity contribution in [1.29, 1.82) is 0 Å². The van der Waals surface area contributed by atoms with Crippen molar-refractivity contribution in [3.8, 4) is 0 Å². The van der Waals surface area contributed by atoms with Gasteiger partial charge in [-0.1, -0.05) is 0 Å². The lowest BCUT2D eigenvalue weighted by molar-refractivity contribution is 0.284. The van der Waals surface area contributed by atoms with Gasteiger partial charge in [0.15, 0.2) is 9.84 Å². The summed E-state index contributed by atoms with van der Waals surface area (Å²) in [5, 5.41) is 0. The number of nitrogens with two attached hydrogens (primary N) is 2. The largest absolute Gasteiger partial charge is 0.399 e. The highest BCUT2D eigenvalue weighted by Gasteiger charge is 2.19. The highest BCUT2D eigenvalue weighted by Crippen LogP contribution is 2.22. The molecule has 0 heterocycles. The first-order chi connectivity index (χ1) is 8.12. The second-order valence-electron chi connectivity index (χ2n) is 3.37. The summed E-state index contributed by atoms with van der Waals surface area (Å²) in [5.74, 6) is -0.638. The Kier molecular flexibility index (Phi) is 4.16. The minimum Gasteiger partial charge on any atom is -0.399 e. The Hall–Kier alpha value is -1.36. The molecular formula is C8H12N2O6S2. The summed E-state index contributed by atoms with van der Waals surface area (Å²) >= 11 is 0. The quantitative estimate of drug-likeness (QED) is 0.483. The number of benzene rings is 1. The molecule has 0 saturated heterocycles. The molecule has 10 heteroatoms. The molecular weight excluding hydrogens is 284 g/mol. The second kappa shape index (κ2) is 5.10. The van der Waals surface area contributed by atoms with Crippen molar-refractivity contribution >= 4 is 31.6 Å². The van der Waals surface area contributed by atoms with E-state index in [0.29, 0.717) is 5.69 Å². The molecule has 0 saturated carbocycles. The summed E-state index contributed by atoms with van der Waals surface area (Å²) < 4.78 is 56.3. The van der Waals surface area contributed by atoms with E-state index >= 15 is 0 Å². The Morgan fingerprint density at radius 1 is 1.17 bits per heavy atom. The molecule has 5 N–H and O–H groups in total. The van der Waals surface area contributed by atoms with Gasteiger partial charge in [-0.25, -0.2) is 12.6 Å². The lowest BCUT2D eigenvalue weighted by Crippen LogP contribution is -2.16. The van der Waals surface area contributed by atoms with Gasteiger partial charge < -0.3 is 11.5 Å². The van der Waals surface area contributed by atoms with Crippen LogP contribution in [0.1, 0.15) is 0 Å². The van der Waals surface area contributed by atoms with Crippen LogP contribution in [0.4, 0.5) is 11.4 Å². The molecule has 0 amide bonds. The van der Waals surface area contributed by atoms with Gasteiger partial charge >= 0.3 is 10.4 Å². The van der Waals surface area contributed by atoms with Crippen LogP contribution in [0.25, 0.3) is 0 Å². The van der Waals surface area contributed by atoms with Crippen LogP contribution in [0.15, 0.2) is 23.1 Å². The van der Waals surface area contributed by atoms with Gasteiger partial charge in [-0.2, -0.15) is 8.42 Å². The van der Waals surface area contributed by atoms with Crippen molar-refractivity contribution in [3.63, 3.8) is 0 Å². The monoisotopic (exact) mass is 296 g/mol. The zero-order valence-electron chi connectivity index (χ0n) is 9.11. The van der Waals surface area contributed by atoms with E-state index in [4.69, 9.17) is 16.0 Å². The van der Waals surface area contributed by atoms with Crippen LogP contribution in [0, 0.1) is 0 Å². The fourth-order valence-electron chi connectivity index (χ4n) is 1.21. The van der Waals surface area contributed by atoms with E-state index in [-0.39, 0.29) is 10.6 Å². The first kappa shape index (κ1) is 14.7. The molecule has 1 aromatic rings. The number of hydrogen-bond acceptors (Lipinski definition) is 7. The van der Waals surface area contributed by atoms with Gasteiger partial charge in [0.1, 0.15) is 0 Å². The second-order valence-corrected chi connectivity index (χ2v) is 6.53. The third-order valence-corrected chi connectivity index (χ3v) is 4.16. The van der Waals surface area contributed by atoms with Crippen LogP contribution in [-0.2, 0) is 24.4 Å². The van der Waals surface area contributed by atoms with Gasteiger partial charge in [0, 0.05) is 5.69 Å². The average Bonchev–Trinajstić information content (AvgIpc) is 2.13. The summed E-state index contributed by atoms with van der Waals surface area (Å²) in [6.45, 7) is -0.703. The standard InChI is InChI=1S/C8H12N2O6S2/c9-6-1-2-8(7(10)5-6)17(11,12)4-3-16-18(13,14)15/h1-2,5H,3-4,9-10H2,(H,13,14,15). The van der Waals surface area contributed by atoms with Crippen LogP contribution in [-0.4, -0.2) is 33.7 Å². The van der Waals surface area contributed by atoms with E-state index in [9.17, 15) is 16.8 Å². The zero-order chi connectivity index (χ0) is 14.0. The Morgan fingerprint density at radius 2 is 1.78 bits per heavy atom. The van der Waals surface area contributed by atoms with Crippen LogP contribution < -0.4 is 11.5 Å². The van der Waals surface area contributed by atoms with Crippen LogP contribution in [0.5, 0.6) is 0 Å². The van der Waals surface area contributed by atoms with Crippen LogP contribution >= 0.6 is 0 Å². The zero-order valence-corrected chi connectivity index (χ0v) is 10.7. The van der Waals surface area contributed by atoms with Crippen molar-refractivity contribution in [2.45, 2.75) is 4.90 Å². The Balaban J connectivity index is 2.87. The summed E-state index contributed by atoms with van der Waals surface area (Å²) in [7, 11) is -8.47. The summed E-state index contributed by atoms with van der Waals surface area (Å²) in [5.41, 5.74) is 11.2. The van der Waals surface area contributed by atoms with Crippen molar-refractivity contribution in [1.82, 2.24) is 0 Å². The number of anilines is 2. The van der Waals surface area contributed by atoms with Gasteiger partial charge in [0.25, 0.3) is 0 Å². The van der Waals surface area contributed by atoms with Crippen LogP contribution in [0.2, 0.25) is 0 Å². The lowest BCUT2D eigenvalue weighted by atomic mass is 10.3. The van der Waals surface area contributed by atoms with Gasteiger partial charge in [-0.05, 0) is 18.2 Å². The number of sulfone groups is 1. The molecule has 0 fully saturated rings. The highest BCUT2D eigenvalue weighted by atomic mass is 32.3. The minimum absolute atomic E-state index is 0.0399. The Bertz CT molecular complexity index is 638. The molecule has 102 valence electrons. The predicted molar refractivity (Wildman–Crippen MR) is 64.8 cm³/mol. The van der Waals surface area contributed by atoms with Gasteiger partial charge in [0.05, 0.1) is 22.9 Å². The van der Waals surface area contributed by atoms with E-state index in [1.54, 1.807) is 0 Å². The fourth-order valence-corrected chi connectivity index (χ4v) is 2.82. The highest BCUT2D eigenvalue weighted by molar-refractivity contribution is 7.91. The fraction of sp³-hybridized carbons (Fsp3) is 0.250.